The molecular weight excluding hydrogens is 268 g/mol. The minimum atomic E-state index is -3.29. The minimum Gasteiger partial charge on any atom is -0.223 e. The molecular formula is C17H26O2S. The molecule has 2 nitrogen and oxygen atoms in total. The van der Waals surface area contributed by atoms with Crippen LogP contribution in [0.4, 0.5) is 0 Å². The van der Waals surface area contributed by atoms with Gasteiger partial charge in [-0.2, -0.15) is 0 Å². The van der Waals surface area contributed by atoms with Crippen LogP contribution < -0.4 is 0 Å². The summed E-state index contributed by atoms with van der Waals surface area (Å²) in [6.45, 7) is 16.2. The zero-order chi connectivity index (χ0) is 15.7. The Hall–Kier alpha value is -0.830. The van der Waals surface area contributed by atoms with E-state index in [-0.39, 0.29) is 11.3 Å². The second-order valence-corrected chi connectivity index (χ2v) is 10.3. The highest BCUT2D eigenvalue weighted by Gasteiger charge is 2.56. The van der Waals surface area contributed by atoms with Crippen LogP contribution in [0, 0.1) is 26.2 Å². The summed E-state index contributed by atoms with van der Waals surface area (Å²) in [5, 5.41) is 0. The van der Waals surface area contributed by atoms with Gasteiger partial charge in [0, 0.05) is 5.92 Å². The molecule has 0 saturated carbocycles. The van der Waals surface area contributed by atoms with E-state index < -0.39 is 14.6 Å². The number of rotatable bonds is 0. The first-order valence-corrected chi connectivity index (χ1v) is 8.67. The molecule has 20 heavy (non-hydrogen) atoms. The summed E-state index contributed by atoms with van der Waals surface area (Å²) < 4.78 is 25.4. The Morgan fingerprint density at radius 1 is 1.05 bits per heavy atom. The van der Waals surface area contributed by atoms with Gasteiger partial charge in [-0.25, -0.2) is 8.42 Å². The average Bonchev–Trinajstić information content (AvgIpc) is 2.39. The van der Waals surface area contributed by atoms with Crippen LogP contribution in [0.3, 0.4) is 0 Å². The molecule has 0 radical (unpaired) electrons. The van der Waals surface area contributed by atoms with Gasteiger partial charge < -0.3 is 0 Å². The predicted molar refractivity (Wildman–Crippen MR) is 84.1 cm³/mol. The molecule has 0 N–H and O–H groups in total. The van der Waals surface area contributed by atoms with E-state index in [9.17, 15) is 8.42 Å². The molecule has 0 aromatic heterocycles. The fourth-order valence-corrected chi connectivity index (χ4v) is 6.46. The molecule has 0 spiro atoms. The largest absolute Gasteiger partial charge is 0.223 e. The van der Waals surface area contributed by atoms with Gasteiger partial charge in [0.15, 0.2) is 9.84 Å². The van der Waals surface area contributed by atoms with Gasteiger partial charge in [0.25, 0.3) is 0 Å². The summed E-state index contributed by atoms with van der Waals surface area (Å²) in [7, 11) is -3.29. The molecule has 1 atom stereocenters. The third-order valence-electron chi connectivity index (χ3n) is 4.85. The number of sulfone groups is 1. The van der Waals surface area contributed by atoms with E-state index in [1.54, 1.807) is 0 Å². The molecule has 2 rings (SSSR count). The van der Waals surface area contributed by atoms with Crippen LogP contribution in [-0.4, -0.2) is 13.2 Å². The second-order valence-electron chi connectivity index (χ2n) is 7.78. The number of hydrogen-bond acceptors (Lipinski definition) is 2. The molecule has 0 aliphatic carbocycles. The standard InChI is InChI=1S/C17H26O2S/c1-10-9-11(2)13-14(12(10)3)20(18,19)17(7,8)15(13)16(4,5)6/h9,15H,1-8H3. The van der Waals surface area contributed by atoms with E-state index in [1.807, 2.05) is 34.6 Å². The van der Waals surface area contributed by atoms with Crippen LogP contribution in [0.5, 0.6) is 0 Å². The first-order valence-electron chi connectivity index (χ1n) is 7.18. The van der Waals surface area contributed by atoms with Gasteiger partial charge >= 0.3 is 0 Å². The molecule has 1 aromatic carbocycles. The van der Waals surface area contributed by atoms with E-state index >= 15 is 0 Å². The lowest BCUT2D eigenvalue weighted by Gasteiger charge is -2.37. The van der Waals surface area contributed by atoms with E-state index in [0.29, 0.717) is 4.90 Å². The molecule has 0 saturated heterocycles. The van der Waals surface area contributed by atoms with Crippen molar-refractivity contribution in [3.8, 4) is 0 Å². The summed E-state index contributed by atoms with van der Waals surface area (Å²) in [5.41, 5.74) is 4.05. The summed E-state index contributed by atoms with van der Waals surface area (Å²) in [6, 6.07) is 2.13. The highest BCUT2D eigenvalue weighted by molar-refractivity contribution is 7.93. The van der Waals surface area contributed by atoms with Crippen LogP contribution in [0.25, 0.3) is 0 Å². The van der Waals surface area contributed by atoms with Gasteiger partial charge in [-0.1, -0.05) is 26.8 Å². The van der Waals surface area contributed by atoms with Crippen molar-refractivity contribution in [1.82, 2.24) is 0 Å². The smallest absolute Gasteiger partial charge is 0.184 e. The third-order valence-corrected chi connectivity index (χ3v) is 7.53. The normalized spacial score (nSPS) is 23.7. The number of aryl methyl sites for hydroxylation is 2. The quantitative estimate of drug-likeness (QED) is 0.714. The fourth-order valence-electron chi connectivity index (χ4n) is 4.02. The van der Waals surface area contributed by atoms with Crippen molar-refractivity contribution in [2.24, 2.45) is 5.41 Å². The maximum atomic E-state index is 13.1. The lowest BCUT2D eigenvalue weighted by atomic mass is 9.69. The Morgan fingerprint density at radius 2 is 1.55 bits per heavy atom. The van der Waals surface area contributed by atoms with Crippen LogP contribution in [0.1, 0.15) is 62.8 Å². The van der Waals surface area contributed by atoms with Gasteiger partial charge in [0.05, 0.1) is 9.64 Å². The van der Waals surface area contributed by atoms with Crippen molar-refractivity contribution in [2.45, 2.75) is 71.0 Å². The highest BCUT2D eigenvalue weighted by Crippen LogP contribution is 2.57. The van der Waals surface area contributed by atoms with Crippen LogP contribution >= 0.6 is 0 Å². The Balaban J connectivity index is 3.00. The summed E-state index contributed by atoms with van der Waals surface area (Å²) in [5.74, 6) is 0.0225. The fraction of sp³-hybridized carbons (Fsp3) is 0.647. The van der Waals surface area contributed by atoms with Crippen LogP contribution in [-0.2, 0) is 9.84 Å². The summed E-state index contributed by atoms with van der Waals surface area (Å²) >= 11 is 0. The lowest BCUT2D eigenvalue weighted by Crippen LogP contribution is -2.38. The Bertz CT molecular complexity index is 674. The van der Waals surface area contributed by atoms with Crippen molar-refractivity contribution in [3.05, 3.63) is 28.3 Å². The van der Waals surface area contributed by atoms with Crippen molar-refractivity contribution in [1.29, 1.82) is 0 Å². The maximum absolute atomic E-state index is 13.1. The van der Waals surface area contributed by atoms with Gasteiger partial charge in [-0.3, -0.25) is 0 Å². The molecule has 3 heteroatoms. The Kier molecular flexibility index (Phi) is 3.18. The molecule has 1 aliphatic rings. The third kappa shape index (κ3) is 1.78. The Labute approximate surface area is 123 Å². The minimum absolute atomic E-state index is 0.0225. The molecule has 0 amide bonds. The Morgan fingerprint density at radius 3 is 2.00 bits per heavy atom. The first kappa shape index (κ1) is 15.6. The van der Waals surface area contributed by atoms with Gasteiger partial charge in [-0.15, -0.1) is 0 Å². The lowest BCUT2D eigenvalue weighted by molar-refractivity contribution is 0.275. The maximum Gasteiger partial charge on any atom is 0.184 e. The topological polar surface area (TPSA) is 34.1 Å². The SMILES string of the molecule is Cc1cc(C)c2c(c1C)S(=O)(=O)C(C)(C)C2C(C)(C)C. The monoisotopic (exact) mass is 294 g/mol. The van der Waals surface area contributed by atoms with E-state index in [2.05, 4.69) is 26.8 Å². The summed E-state index contributed by atoms with van der Waals surface area (Å²) in [6.07, 6.45) is 0. The predicted octanol–water partition coefficient (Wildman–Crippen LogP) is 4.31. The molecule has 0 bridgehead atoms. The molecule has 1 heterocycles. The van der Waals surface area contributed by atoms with E-state index in [4.69, 9.17) is 0 Å². The van der Waals surface area contributed by atoms with E-state index in [0.717, 1.165) is 22.3 Å². The zero-order valence-corrected chi connectivity index (χ0v) is 14.7. The summed E-state index contributed by atoms with van der Waals surface area (Å²) in [4.78, 5) is 0.597. The molecule has 1 aliphatic heterocycles. The average molecular weight is 294 g/mol. The van der Waals surface area contributed by atoms with Crippen molar-refractivity contribution < 1.29 is 8.42 Å². The van der Waals surface area contributed by atoms with Crippen molar-refractivity contribution >= 4 is 9.84 Å². The molecule has 112 valence electrons. The zero-order valence-electron chi connectivity index (χ0n) is 13.9. The first-order chi connectivity index (χ1) is 8.83. The van der Waals surface area contributed by atoms with Crippen LogP contribution in [0.2, 0.25) is 0 Å². The molecule has 0 fully saturated rings. The van der Waals surface area contributed by atoms with Gasteiger partial charge in [-0.05, 0) is 62.3 Å². The van der Waals surface area contributed by atoms with E-state index in [1.165, 1.54) is 0 Å². The van der Waals surface area contributed by atoms with Crippen molar-refractivity contribution in [3.63, 3.8) is 0 Å². The van der Waals surface area contributed by atoms with Crippen molar-refractivity contribution in [2.75, 3.05) is 0 Å². The molecule has 1 aromatic rings. The number of fused-ring (bicyclic) bond motifs is 1. The highest BCUT2D eigenvalue weighted by atomic mass is 32.2. The number of benzene rings is 1. The van der Waals surface area contributed by atoms with Gasteiger partial charge in [0.1, 0.15) is 0 Å². The second kappa shape index (κ2) is 4.09. The van der Waals surface area contributed by atoms with Crippen LogP contribution in [0.15, 0.2) is 11.0 Å². The molecule has 1 unspecified atom stereocenters. The van der Waals surface area contributed by atoms with Gasteiger partial charge in [0.2, 0.25) is 0 Å². The number of hydrogen-bond donors (Lipinski definition) is 0.